The first-order chi connectivity index (χ1) is 20.2. The maximum Gasteiger partial charge on any atom is 0.326 e. The Morgan fingerprint density at radius 3 is 2.43 bits per heavy atom. The van der Waals surface area contributed by atoms with Crippen molar-refractivity contribution < 1.29 is 24.3 Å². The van der Waals surface area contributed by atoms with Crippen LogP contribution in [0, 0.1) is 0 Å². The van der Waals surface area contributed by atoms with E-state index in [1.807, 2.05) is 0 Å². The number of H-pyrrole nitrogens is 1. The molecule has 3 aromatic rings. The Morgan fingerprint density at radius 2 is 1.74 bits per heavy atom. The maximum absolute atomic E-state index is 12.7. The lowest BCUT2D eigenvalue weighted by molar-refractivity contribution is -0.139. The van der Waals surface area contributed by atoms with Crippen molar-refractivity contribution in [1.29, 1.82) is 0 Å². The molecule has 7 N–H and O–H groups in total. The fourth-order valence-electron chi connectivity index (χ4n) is 4.06. The van der Waals surface area contributed by atoms with Gasteiger partial charge in [-0.05, 0) is 49.7 Å². The Balaban J connectivity index is 1.42. The molecule has 0 fully saturated rings. The SMILES string of the molecule is C=CNC(=O)CCCCCCC(=O)CCC(NC(=O)c1ccc(NCc2cnc3nc(N)[nH]c(=O)c3n2)cc1)C(=O)O. The highest BCUT2D eigenvalue weighted by molar-refractivity contribution is 5.97. The minimum Gasteiger partial charge on any atom is -0.480 e. The summed E-state index contributed by atoms with van der Waals surface area (Å²) in [6.07, 6.45) is 6.53. The number of fused-ring (bicyclic) bond motifs is 1. The van der Waals surface area contributed by atoms with Gasteiger partial charge >= 0.3 is 5.97 Å². The summed E-state index contributed by atoms with van der Waals surface area (Å²) in [7, 11) is 0. The fraction of sp³-hybridized carbons (Fsp3) is 0.357. The molecule has 2 heterocycles. The first-order valence-electron chi connectivity index (χ1n) is 13.5. The molecule has 0 bridgehead atoms. The van der Waals surface area contributed by atoms with Crippen LogP contribution in [-0.4, -0.2) is 54.7 Å². The van der Waals surface area contributed by atoms with E-state index in [4.69, 9.17) is 5.73 Å². The van der Waals surface area contributed by atoms with Gasteiger partial charge in [0.1, 0.15) is 11.8 Å². The van der Waals surface area contributed by atoms with Gasteiger partial charge in [0.05, 0.1) is 18.4 Å². The van der Waals surface area contributed by atoms with E-state index < -0.39 is 23.5 Å². The third-order valence-corrected chi connectivity index (χ3v) is 6.29. The van der Waals surface area contributed by atoms with Gasteiger partial charge in [-0.15, -0.1) is 0 Å². The molecule has 1 atom stereocenters. The van der Waals surface area contributed by atoms with Crippen molar-refractivity contribution >= 4 is 46.4 Å². The Morgan fingerprint density at radius 1 is 1.02 bits per heavy atom. The first-order valence-corrected chi connectivity index (χ1v) is 13.5. The van der Waals surface area contributed by atoms with Crippen molar-refractivity contribution in [3.8, 4) is 0 Å². The molecule has 2 aromatic heterocycles. The zero-order chi connectivity index (χ0) is 30.5. The lowest BCUT2D eigenvalue weighted by atomic mass is 10.0. The molecule has 222 valence electrons. The third kappa shape index (κ3) is 9.80. The number of benzene rings is 1. The smallest absolute Gasteiger partial charge is 0.326 e. The van der Waals surface area contributed by atoms with E-state index in [2.05, 4.69) is 42.5 Å². The van der Waals surface area contributed by atoms with Crippen molar-refractivity contribution in [2.24, 2.45) is 0 Å². The number of nitrogens with two attached hydrogens (primary N) is 1. The molecule has 0 aliphatic rings. The number of rotatable bonds is 17. The largest absolute Gasteiger partial charge is 0.480 e. The average molecular weight is 579 g/mol. The molecule has 14 heteroatoms. The van der Waals surface area contributed by atoms with E-state index in [1.54, 1.807) is 12.1 Å². The summed E-state index contributed by atoms with van der Waals surface area (Å²) >= 11 is 0. The van der Waals surface area contributed by atoms with Crippen LogP contribution in [0.2, 0.25) is 0 Å². The summed E-state index contributed by atoms with van der Waals surface area (Å²) in [6, 6.07) is 5.15. The highest BCUT2D eigenvalue weighted by Crippen LogP contribution is 2.13. The van der Waals surface area contributed by atoms with Gasteiger partial charge in [-0.2, -0.15) is 4.98 Å². The molecule has 0 spiro atoms. The second-order valence-corrected chi connectivity index (χ2v) is 9.54. The molecule has 14 nitrogen and oxygen atoms in total. The number of carboxylic acid groups (broad SMARTS) is 1. The van der Waals surface area contributed by atoms with E-state index in [1.165, 1.54) is 24.5 Å². The fourth-order valence-corrected chi connectivity index (χ4v) is 4.06. The van der Waals surface area contributed by atoms with Crippen LogP contribution in [-0.2, 0) is 20.9 Å². The van der Waals surface area contributed by atoms with Gasteiger partial charge in [0.15, 0.2) is 11.2 Å². The number of aromatic amines is 1. The van der Waals surface area contributed by atoms with Crippen LogP contribution in [0.3, 0.4) is 0 Å². The number of aliphatic carboxylic acids is 1. The normalized spacial score (nSPS) is 11.4. The van der Waals surface area contributed by atoms with E-state index >= 15 is 0 Å². The number of hydrogen-bond acceptors (Lipinski definition) is 10. The van der Waals surface area contributed by atoms with Gasteiger partial charge in [0, 0.05) is 30.5 Å². The third-order valence-electron chi connectivity index (χ3n) is 6.29. The summed E-state index contributed by atoms with van der Waals surface area (Å²) < 4.78 is 0. The van der Waals surface area contributed by atoms with Gasteiger partial charge in [0.25, 0.3) is 11.5 Å². The molecule has 0 saturated carbocycles. The summed E-state index contributed by atoms with van der Waals surface area (Å²) in [5.41, 5.74) is 6.60. The van der Waals surface area contributed by atoms with Gasteiger partial charge < -0.3 is 26.8 Å². The Kier molecular flexibility index (Phi) is 11.7. The standard InChI is InChI=1S/C28H34N8O6/c1-2-30-22(38)8-6-4-3-5-7-20(37)13-14-21(27(41)42)34-25(39)17-9-11-18(12-10-17)31-15-19-16-32-24-23(33-19)26(40)36-28(29)35-24/h2,9-12,16,21,31H,1,3-8,13-15H2,(H,30,38)(H,34,39)(H,41,42)(H3,29,32,35,36,40). The minimum atomic E-state index is -1.22. The predicted molar refractivity (Wildman–Crippen MR) is 155 cm³/mol. The topological polar surface area (TPSA) is 222 Å². The molecule has 42 heavy (non-hydrogen) atoms. The number of anilines is 2. The second-order valence-electron chi connectivity index (χ2n) is 9.54. The molecule has 1 unspecified atom stereocenters. The van der Waals surface area contributed by atoms with Crippen LogP contribution in [0.1, 0.15) is 67.4 Å². The number of ketones is 1. The second kappa shape index (κ2) is 15.6. The minimum absolute atomic E-state index is 0.0149. The van der Waals surface area contributed by atoms with Crippen molar-refractivity contribution in [3.05, 3.63) is 64.9 Å². The van der Waals surface area contributed by atoms with Crippen molar-refractivity contribution in [2.75, 3.05) is 11.1 Å². The van der Waals surface area contributed by atoms with Crippen molar-refractivity contribution in [2.45, 2.75) is 64.0 Å². The van der Waals surface area contributed by atoms with Crippen molar-refractivity contribution in [1.82, 2.24) is 30.6 Å². The van der Waals surface area contributed by atoms with E-state index in [0.29, 0.717) is 37.1 Å². The van der Waals surface area contributed by atoms with E-state index in [9.17, 15) is 29.1 Å². The Hall–Kier alpha value is -5.14. The summed E-state index contributed by atoms with van der Waals surface area (Å²) in [6.45, 7) is 3.67. The van der Waals surface area contributed by atoms with Crippen LogP contribution < -0.4 is 27.2 Å². The number of unbranched alkanes of at least 4 members (excludes halogenated alkanes) is 3. The van der Waals surface area contributed by atoms with Gasteiger partial charge in [0.2, 0.25) is 11.9 Å². The first kappa shape index (κ1) is 31.4. The van der Waals surface area contributed by atoms with Crippen LogP contribution in [0.4, 0.5) is 11.6 Å². The molecule has 0 aliphatic carbocycles. The number of hydrogen-bond donors (Lipinski definition) is 6. The van der Waals surface area contributed by atoms with Crippen LogP contribution in [0.25, 0.3) is 11.2 Å². The quantitative estimate of drug-likeness (QED) is 0.127. The molecule has 3 rings (SSSR count). The Labute approximate surface area is 241 Å². The van der Waals surface area contributed by atoms with E-state index in [-0.39, 0.29) is 53.8 Å². The molecular formula is C28H34N8O6. The predicted octanol–water partition coefficient (Wildman–Crippen LogP) is 2.04. The number of nitrogen functional groups attached to an aromatic ring is 1. The lowest BCUT2D eigenvalue weighted by Gasteiger charge is -2.14. The number of carbonyl (C=O) groups is 4. The average Bonchev–Trinajstić information content (AvgIpc) is 2.96. The van der Waals surface area contributed by atoms with Crippen LogP contribution in [0.15, 0.2) is 48.0 Å². The molecule has 2 amide bonds. The number of amides is 2. The molecule has 0 aliphatic heterocycles. The summed E-state index contributed by atoms with van der Waals surface area (Å²) in [5.74, 6) is -2.01. The number of nitrogens with one attached hydrogen (secondary N) is 4. The molecule has 1 aromatic carbocycles. The highest BCUT2D eigenvalue weighted by Gasteiger charge is 2.21. The summed E-state index contributed by atoms with van der Waals surface area (Å²) in [5, 5.41) is 17.6. The van der Waals surface area contributed by atoms with Crippen LogP contribution in [0.5, 0.6) is 0 Å². The number of aromatic nitrogens is 4. The van der Waals surface area contributed by atoms with Gasteiger partial charge in [-0.3, -0.25) is 24.2 Å². The van der Waals surface area contributed by atoms with Gasteiger partial charge in [-0.25, -0.2) is 14.8 Å². The molecule has 0 saturated heterocycles. The zero-order valence-electron chi connectivity index (χ0n) is 23.0. The molecular weight excluding hydrogens is 544 g/mol. The van der Waals surface area contributed by atoms with Crippen molar-refractivity contribution in [3.63, 3.8) is 0 Å². The number of carbonyl (C=O) groups excluding carboxylic acids is 3. The van der Waals surface area contributed by atoms with Crippen LogP contribution >= 0.6 is 0 Å². The number of Topliss-reactive ketones (excluding diaryl/α,β-unsaturated/α-hetero) is 1. The van der Waals surface area contributed by atoms with E-state index in [0.717, 1.165) is 12.8 Å². The highest BCUT2D eigenvalue weighted by atomic mass is 16.4. The van der Waals surface area contributed by atoms with Gasteiger partial charge in [-0.1, -0.05) is 19.4 Å². The maximum atomic E-state index is 12.7. The monoisotopic (exact) mass is 578 g/mol. The summed E-state index contributed by atoms with van der Waals surface area (Å²) in [4.78, 5) is 74.6. The zero-order valence-corrected chi connectivity index (χ0v) is 23.0. The number of nitrogens with zero attached hydrogens (tertiary/aromatic N) is 3. The molecule has 0 radical (unpaired) electrons. The number of carboxylic acids is 1. The Bertz CT molecular complexity index is 1490. The lowest BCUT2D eigenvalue weighted by Crippen LogP contribution is -2.41.